The van der Waals surface area contributed by atoms with Crippen molar-refractivity contribution >= 4 is 17.3 Å². The Morgan fingerprint density at radius 1 is 0.923 bits per heavy atom. The van der Waals surface area contributed by atoms with E-state index in [1.165, 1.54) is 5.56 Å². The van der Waals surface area contributed by atoms with Crippen LogP contribution in [-0.2, 0) is 0 Å². The molecule has 26 heavy (non-hydrogen) atoms. The number of hydrazone groups is 1. The molecule has 0 saturated heterocycles. The number of hydrogen-bond donors (Lipinski definition) is 0. The maximum Gasteiger partial charge on any atom is 0.213 e. The third-order valence-electron chi connectivity index (χ3n) is 4.94. The van der Waals surface area contributed by atoms with E-state index in [4.69, 9.17) is 21.4 Å². The average molecular weight is 361 g/mol. The van der Waals surface area contributed by atoms with E-state index >= 15 is 0 Å². The van der Waals surface area contributed by atoms with Gasteiger partial charge in [-0.05, 0) is 23.8 Å². The lowest BCUT2D eigenvalue weighted by Gasteiger charge is -2.38. The second-order valence-corrected chi connectivity index (χ2v) is 7.01. The first-order valence-corrected chi connectivity index (χ1v) is 9.10. The van der Waals surface area contributed by atoms with E-state index in [0.717, 1.165) is 29.0 Å². The molecule has 2 atom stereocenters. The fourth-order valence-corrected chi connectivity index (χ4v) is 3.92. The van der Waals surface area contributed by atoms with E-state index in [1.807, 2.05) is 54.6 Å². The van der Waals surface area contributed by atoms with Crippen LogP contribution in [-0.4, -0.2) is 10.7 Å². The first kappa shape index (κ1) is 15.5. The van der Waals surface area contributed by atoms with E-state index in [9.17, 15) is 0 Å². The number of para-hydroxylation sites is 1. The summed E-state index contributed by atoms with van der Waals surface area (Å²) in [6, 6.07) is 26.6. The Hall–Kier alpha value is -2.78. The molecule has 0 amide bonds. The SMILES string of the molecule is Clc1cccc([C@H]2Oc3ccccc3[C@@H]3CC(c4ccccc4)=NN23)c1. The first-order chi connectivity index (χ1) is 12.8. The molecule has 0 fully saturated rings. The van der Waals surface area contributed by atoms with Crippen molar-refractivity contribution in [2.24, 2.45) is 5.10 Å². The number of halogens is 1. The Kier molecular flexibility index (Phi) is 3.68. The zero-order chi connectivity index (χ0) is 17.5. The van der Waals surface area contributed by atoms with Crippen molar-refractivity contribution in [1.82, 2.24) is 5.01 Å². The molecule has 4 heteroatoms. The Bertz CT molecular complexity index is 986. The zero-order valence-corrected chi connectivity index (χ0v) is 14.8. The molecule has 2 aliphatic rings. The second kappa shape index (κ2) is 6.19. The van der Waals surface area contributed by atoms with Crippen LogP contribution in [0, 0.1) is 0 Å². The molecule has 0 aromatic heterocycles. The quantitative estimate of drug-likeness (QED) is 0.595. The van der Waals surface area contributed by atoms with Gasteiger partial charge in [-0.25, -0.2) is 5.01 Å². The lowest BCUT2D eigenvalue weighted by molar-refractivity contribution is -0.0190. The molecule has 3 nitrogen and oxygen atoms in total. The molecule has 3 aromatic carbocycles. The Morgan fingerprint density at radius 3 is 2.58 bits per heavy atom. The number of hydrogen-bond acceptors (Lipinski definition) is 3. The lowest BCUT2D eigenvalue weighted by atomic mass is 9.96. The van der Waals surface area contributed by atoms with E-state index in [2.05, 4.69) is 29.3 Å². The molecule has 0 unspecified atom stereocenters. The van der Waals surface area contributed by atoms with Crippen LogP contribution in [0.5, 0.6) is 5.75 Å². The molecule has 0 saturated carbocycles. The van der Waals surface area contributed by atoms with E-state index in [-0.39, 0.29) is 12.3 Å². The van der Waals surface area contributed by atoms with Gasteiger partial charge in [-0.15, -0.1) is 0 Å². The highest BCUT2D eigenvalue weighted by Crippen LogP contribution is 2.47. The third-order valence-corrected chi connectivity index (χ3v) is 5.18. The van der Waals surface area contributed by atoms with Gasteiger partial charge in [0.15, 0.2) is 0 Å². The summed E-state index contributed by atoms with van der Waals surface area (Å²) >= 11 is 6.22. The van der Waals surface area contributed by atoms with Crippen LogP contribution < -0.4 is 4.74 Å². The highest BCUT2D eigenvalue weighted by molar-refractivity contribution is 6.30. The van der Waals surface area contributed by atoms with Crippen molar-refractivity contribution in [1.29, 1.82) is 0 Å². The lowest BCUT2D eigenvalue weighted by Crippen LogP contribution is -2.33. The molecule has 0 bridgehead atoms. The smallest absolute Gasteiger partial charge is 0.213 e. The van der Waals surface area contributed by atoms with E-state index < -0.39 is 0 Å². The van der Waals surface area contributed by atoms with E-state index in [0.29, 0.717) is 5.02 Å². The van der Waals surface area contributed by atoms with Gasteiger partial charge in [-0.1, -0.05) is 72.3 Å². The molecular formula is C22H17ClN2O. The molecule has 5 rings (SSSR count). The van der Waals surface area contributed by atoms with Crippen molar-refractivity contribution in [3.05, 3.63) is 101 Å². The van der Waals surface area contributed by atoms with Gasteiger partial charge in [-0.2, -0.15) is 5.10 Å². The highest BCUT2D eigenvalue weighted by Gasteiger charge is 2.40. The Balaban J connectivity index is 1.61. The van der Waals surface area contributed by atoms with Crippen molar-refractivity contribution in [2.75, 3.05) is 0 Å². The number of benzene rings is 3. The molecule has 0 aliphatic carbocycles. The molecule has 2 heterocycles. The van der Waals surface area contributed by atoms with Crippen LogP contribution in [0.2, 0.25) is 5.02 Å². The number of rotatable bonds is 2. The minimum absolute atomic E-state index is 0.166. The maximum atomic E-state index is 6.33. The van der Waals surface area contributed by atoms with Gasteiger partial charge >= 0.3 is 0 Å². The van der Waals surface area contributed by atoms with Crippen LogP contribution in [0.25, 0.3) is 0 Å². The summed E-state index contributed by atoms with van der Waals surface area (Å²) in [6.07, 6.45) is 0.580. The van der Waals surface area contributed by atoms with Gasteiger partial charge in [0.1, 0.15) is 5.75 Å². The monoisotopic (exact) mass is 360 g/mol. The van der Waals surface area contributed by atoms with Gasteiger partial charge < -0.3 is 4.74 Å². The summed E-state index contributed by atoms with van der Waals surface area (Å²) < 4.78 is 6.33. The standard InChI is InChI=1S/C22H17ClN2O/c23-17-10-6-9-16(13-17)22-25-20(18-11-4-5-12-21(18)26-22)14-19(24-25)15-7-2-1-3-8-15/h1-13,20,22H,14H2/t20-,22+/m0/s1. The molecule has 0 spiro atoms. The van der Waals surface area contributed by atoms with Crippen LogP contribution in [0.15, 0.2) is 84.0 Å². The summed E-state index contributed by atoms with van der Waals surface area (Å²) in [5, 5.41) is 7.73. The summed E-state index contributed by atoms with van der Waals surface area (Å²) in [7, 11) is 0. The fourth-order valence-electron chi connectivity index (χ4n) is 3.72. The second-order valence-electron chi connectivity index (χ2n) is 6.58. The van der Waals surface area contributed by atoms with Gasteiger partial charge in [0.25, 0.3) is 0 Å². The summed E-state index contributed by atoms with van der Waals surface area (Å²) in [6.45, 7) is 0. The molecule has 0 N–H and O–H groups in total. The average Bonchev–Trinajstić information content (AvgIpc) is 3.14. The molecule has 0 radical (unpaired) electrons. The van der Waals surface area contributed by atoms with Crippen molar-refractivity contribution in [2.45, 2.75) is 18.7 Å². The van der Waals surface area contributed by atoms with Crippen LogP contribution in [0.1, 0.15) is 35.4 Å². The molecule has 2 aliphatic heterocycles. The first-order valence-electron chi connectivity index (χ1n) is 8.72. The Morgan fingerprint density at radius 2 is 1.73 bits per heavy atom. The van der Waals surface area contributed by atoms with Crippen LogP contribution in [0.3, 0.4) is 0 Å². The van der Waals surface area contributed by atoms with Crippen molar-refractivity contribution in [3.63, 3.8) is 0 Å². The predicted octanol–water partition coefficient (Wildman–Crippen LogP) is 5.58. The van der Waals surface area contributed by atoms with Gasteiger partial charge in [0.05, 0.1) is 11.8 Å². The van der Waals surface area contributed by atoms with Gasteiger partial charge in [0, 0.05) is 22.6 Å². The number of nitrogens with zero attached hydrogens (tertiary/aromatic N) is 2. The summed E-state index contributed by atoms with van der Waals surface area (Å²) in [5.74, 6) is 0.920. The predicted molar refractivity (Wildman–Crippen MR) is 103 cm³/mol. The largest absolute Gasteiger partial charge is 0.464 e. The minimum atomic E-state index is -0.283. The van der Waals surface area contributed by atoms with Crippen LogP contribution in [0.4, 0.5) is 0 Å². The number of fused-ring (bicyclic) bond motifs is 3. The molecular weight excluding hydrogens is 344 g/mol. The summed E-state index contributed by atoms with van der Waals surface area (Å²) in [5.41, 5.74) is 4.43. The van der Waals surface area contributed by atoms with E-state index in [1.54, 1.807) is 0 Å². The maximum absolute atomic E-state index is 6.33. The normalized spacial score (nSPS) is 20.8. The molecule has 128 valence electrons. The van der Waals surface area contributed by atoms with Crippen molar-refractivity contribution < 1.29 is 4.74 Å². The third kappa shape index (κ3) is 2.56. The van der Waals surface area contributed by atoms with Gasteiger partial charge in [-0.3, -0.25) is 0 Å². The minimum Gasteiger partial charge on any atom is -0.464 e. The highest BCUT2D eigenvalue weighted by atomic mass is 35.5. The number of ether oxygens (including phenoxy) is 1. The topological polar surface area (TPSA) is 24.8 Å². The molecule has 3 aromatic rings. The Labute approximate surface area is 157 Å². The van der Waals surface area contributed by atoms with Crippen molar-refractivity contribution in [3.8, 4) is 5.75 Å². The zero-order valence-electron chi connectivity index (χ0n) is 14.0. The summed E-state index contributed by atoms with van der Waals surface area (Å²) in [4.78, 5) is 0. The fraction of sp³-hybridized carbons (Fsp3) is 0.136. The van der Waals surface area contributed by atoms with Gasteiger partial charge in [0.2, 0.25) is 6.23 Å². The van der Waals surface area contributed by atoms with Crippen LogP contribution >= 0.6 is 11.6 Å².